The third-order valence-corrected chi connectivity index (χ3v) is 4.10. The quantitative estimate of drug-likeness (QED) is 0.629. The van der Waals surface area contributed by atoms with Crippen LogP contribution in [0.1, 0.15) is 5.69 Å². The third-order valence-electron chi connectivity index (χ3n) is 3.14. The highest BCUT2D eigenvalue weighted by atomic mass is 32.1. The Morgan fingerprint density at radius 2 is 2.00 bits per heavy atom. The Balaban J connectivity index is 1.84. The molecular formula is C15H12N6S. The summed E-state index contributed by atoms with van der Waals surface area (Å²) in [6.07, 6.45) is 5.38. The molecular weight excluding hydrogens is 296 g/mol. The lowest BCUT2D eigenvalue weighted by Crippen LogP contribution is -2.03. The van der Waals surface area contributed by atoms with Crippen molar-refractivity contribution in [3.05, 3.63) is 53.9 Å². The van der Waals surface area contributed by atoms with Gasteiger partial charge < -0.3 is 5.32 Å². The van der Waals surface area contributed by atoms with E-state index in [0.29, 0.717) is 5.82 Å². The normalized spacial score (nSPS) is 11.0. The SMILES string of the molecule is Cc1csc(-c2nc(Nc3ccncc3)c3cccn3n2)n1. The van der Waals surface area contributed by atoms with E-state index in [4.69, 9.17) is 0 Å². The van der Waals surface area contributed by atoms with Crippen LogP contribution in [0, 0.1) is 6.92 Å². The number of aryl methyl sites for hydroxylation is 1. The van der Waals surface area contributed by atoms with Crippen molar-refractivity contribution in [1.29, 1.82) is 0 Å². The molecule has 4 aromatic rings. The molecule has 6 nitrogen and oxygen atoms in total. The summed E-state index contributed by atoms with van der Waals surface area (Å²) in [4.78, 5) is 13.1. The summed E-state index contributed by atoms with van der Waals surface area (Å²) in [6, 6.07) is 7.71. The van der Waals surface area contributed by atoms with Gasteiger partial charge in [-0.2, -0.15) is 0 Å². The van der Waals surface area contributed by atoms with E-state index >= 15 is 0 Å². The van der Waals surface area contributed by atoms with Crippen LogP contribution in [0.4, 0.5) is 11.5 Å². The van der Waals surface area contributed by atoms with Gasteiger partial charge in [-0.15, -0.1) is 16.4 Å². The second kappa shape index (κ2) is 5.19. The highest BCUT2D eigenvalue weighted by Crippen LogP contribution is 2.25. The van der Waals surface area contributed by atoms with Gasteiger partial charge in [0.25, 0.3) is 0 Å². The summed E-state index contributed by atoms with van der Waals surface area (Å²) in [7, 11) is 0. The lowest BCUT2D eigenvalue weighted by atomic mass is 10.4. The van der Waals surface area contributed by atoms with Gasteiger partial charge >= 0.3 is 0 Å². The van der Waals surface area contributed by atoms with E-state index in [2.05, 4.69) is 25.4 Å². The molecule has 0 spiro atoms. The van der Waals surface area contributed by atoms with E-state index in [1.807, 2.05) is 47.3 Å². The van der Waals surface area contributed by atoms with Crippen molar-refractivity contribution in [3.63, 3.8) is 0 Å². The zero-order valence-electron chi connectivity index (χ0n) is 11.8. The first-order chi connectivity index (χ1) is 10.8. The molecule has 0 aliphatic heterocycles. The van der Waals surface area contributed by atoms with Gasteiger partial charge in [0.05, 0.1) is 0 Å². The number of anilines is 2. The average molecular weight is 308 g/mol. The fourth-order valence-corrected chi connectivity index (χ4v) is 2.87. The van der Waals surface area contributed by atoms with Crippen LogP contribution < -0.4 is 5.32 Å². The molecule has 0 unspecified atom stereocenters. The Hall–Kier alpha value is -2.80. The third kappa shape index (κ3) is 2.31. The van der Waals surface area contributed by atoms with Crippen LogP contribution in [-0.2, 0) is 0 Å². The Kier molecular flexibility index (Phi) is 3.05. The van der Waals surface area contributed by atoms with Crippen molar-refractivity contribution in [2.24, 2.45) is 0 Å². The van der Waals surface area contributed by atoms with E-state index in [-0.39, 0.29) is 0 Å². The number of thiazole rings is 1. The number of hydrogen-bond donors (Lipinski definition) is 1. The molecule has 0 radical (unpaired) electrons. The summed E-state index contributed by atoms with van der Waals surface area (Å²) >= 11 is 1.54. The first-order valence-electron chi connectivity index (χ1n) is 6.74. The number of rotatable bonds is 3. The average Bonchev–Trinajstić information content (AvgIpc) is 3.17. The van der Waals surface area contributed by atoms with Gasteiger partial charge in [-0.1, -0.05) is 0 Å². The smallest absolute Gasteiger partial charge is 0.211 e. The molecule has 4 aromatic heterocycles. The first kappa shape index (κ1) is 12.9. The Bertz CT molecular complexity index is 928. The summed E-state index contributed by atoms with van der Waals surface area (Å²) in [6.45, 7) is 1.96. The number of hydrogen-bond acceptors (Lipinski definition) is 6. The lowest BCUT2D eigenvalue weighted by Gasteiger charge is -2.08. The summed E-state index contributed by atoms with van der Waals surface area (Å²) in [5, 5.41) is 10.6. The van der Waals surface area contributed by atoms with E-state index in [0.717, 1.165) is 27.7 Å². The van der Waals surface area contributed by atoms with Gasteiger partial charge in [0, 0.05) is 35.4 Å². The molecule has 0 aliphatic carbocycles. The maximum atomic E-state index is 4.64. The van der Waals surface area contributed by atoms with Crippen LogP contribution in [0.2, 0.25) is 0 Å². The summed E-state index contributed by atoms with van der Waals surface area (Å²) < 4.78 is 1.81. The molecule has 1 N–H and O–H groups in total. The number of pyridine rings is 1. The Morgan fingerprint density at radius 1 is 1.14 bits per heavy atom. The molecule has 0 aliphatic rings. The predicted octanol–water partition coefficient (Wildman–Crippen LogP) is 3.30. The minimum atomic E-state index is 0.610. The summed E-state index contributed by atoms with van der Waals surface area (Å²) in [5.74, 6) is 1.35. The van der Waals surface area contributed by atoms with Gasteiger partial charge in [0.1, 0.15) is 5.52 Å². The molecule has 22 heavy (non-hydrogen) atoms. The Morgan fingerprint density at radius 3 is 2.77 bits per heavy atom. The number of fused-ring (bicyclic) bond motifs is 1. The zero-order valence-corrected chi connectivity index (χ0v) is 12.6. The number of nitrogens with one attached hydrogen (secondary N) is 1. The largest absolute Gasteiger partial charge is 0.338 e. The molecule has 4 rings (SSSR count). The fourth-order valence-electron chi connectivity index (χ4n) is 2.15. The van der Waals surface area contributed by atoms with Crippen LogP contribution in [0.3, 0.4) is 0 Å². The highest BCUT2D eigenvalue weighted by Gasteiger charge is 2.12. The van der Waals surface area contributed by atoms with Crippen molar-refractivity contribution in [2.45, 2.75) is 6.92 Å². The molecule has 0 saturated carbocycles. The highest BCUT2D eigenvalue weighted by molar-refractivity contribution is 7.13. The minimum Gasteiger partial charge on any atom is -0.338 e. The van der Waals surface area contributed by atoms with Gasteiger partial charge in [-0.3, -0.25) is 4.98 Å². The van der Waals surface area contributed by atoms with Crippen molar-refractivity contribution >= 4 is 28.4 Å². The lowest BCUT2D eigenvalue weighted by molar-refractivity contribution is 0.913. The molecule has 0 saturated heterocycles. The van der Waals surface area contributed by atoms with Crippen molar-refractivity contribution in [3.8, 4) is 10.8 Å². The van der Waals surface area contributed by atoms with Gasteiger partial charge in [-0.25, -0.2) is 14.5 Å². The van der Waals surface area contributed by atoms with Crippen LogP contribution >= 0.6 is 11.3 Å². The van der Waals surface area contributed by atoms with Gasteiger partial charge in [0.15, 0.2) is 10.8 Å². The van der Waals surface area contributed by atoms with Crippen molar-refractivity contribution in [2.75, 3.05) is 5.32 Å². The van der Waals surface area contributed by atoms with Crippen LogP contribution in [0.25, 0.3) is 16.3 Å². The minimum absolute atomic E-state index is 0.610. The second-order valence-electron chi connectivity index (χ2n) is 4.78. The fraction of sp³-hybridized carbons (Fsp3) is 0.0667. The molecule has 108 valence electrons. The molecule has 0 amide bonds. The number of nitrogens with zero attached hydrogens (tertiary/aromatic N) is 5. The Labute approximate surface area is 130 Å². The second-order valence-corrected chi connectivity index (χ2v) is 5.64. The van der Waals surface area contributed by atoms with E-state index < -0.39 is 0 Å². The van der Waals surface area contributed by atoms with Crippen LogP contribution in [0.15, 0.2) is 48.2 Å². The van der Waals surface area contributed by atoms with Crippen molar-refractivity contribution in [1.82, 2.24) is 24.6 Å². The molecule has 0 bridgehead atoms. The van der Waals surface area contributed by atoms with Gasteiger partial charge in [-0.05, 0) is 31.2 Å². The van der Waals surface area contributed by atoms with E-state index in [9.17, 15) is 0 Å². The summed E-state index contributed by atoms with van der Waals surface area (Å²) in [5.41, 5.74) is 2.81. The van der Waals surface area contributed by atoms with Crippen LogP contribution in [0.5, 0.6) is 0 Å². The molecule has 4 heterocycles. The molecule has 7 heteroatoms. The zero-order chi connectivity index (χ0) is 14.9. The monoisotopic (exact) mass is 308 g/mol. The molecule has 0 atom stereocenters. The molecule has 0 fully saturated rings. The van der Waals surface area contributed by atoms with Crippen molar-refractivity contribution < 1.29 is 0 Å². The molecule has 0 aromatic carbocycles. The van der Waals surface area contributed by atoms with Gasteiger partial charge in [0.2, 0.25) is 5.82 Å². The topological polar surface area (TPSA) is 68.0 Å². The predicted molar refractivity (Wildman–Crippen MR) is 86.4 cm³/mol. The van der Waals surface area contributed by atoms with Crippen LogP contribution in [-0.4, -0.2) is 24.6 Å². The maximum absolute atomic E-state index is 4.64. The van der Waals surface area contributed by atoms with E-state index in [1.54, 1.807) is 23.7 Å². The number of aromatic nitrogens is 5. The van der Waals surface area contributed by atoms with E-state index in [1.165, 1.54) is 0 Å². The maximum Gasteiger partial charge on any atom is 0.211 e. The standard InChI is InChI=1S/C15H12N6S/c1-10-9-22-15(17-10)14-19-13(12-3-2-8-21(12)20-14)18-11-4-6-16-7-5-11/h2-9H,1H3,(H,16,18,19,20). The first-order valence-corrected chi connectivity index (χ1v) is 7.62.